The first-order valence-corrected chi connectivity index (χ1v) is 12.3. The lowest BCUT2D eigenvalue weighted by atomic mass is 10.2. The average molecular weight is 491 g/mol. The maximum Gasteiger partial charge on any atom is 0.243 e. The van der Waals surface area contributed by atoms with E-state index in [-0.39, 0.29) is 43.4 Å². The Hall–Kier alpha value is -3.15. The number of amides is 2. The van der Waals surface area contributed by atoms with Gasteiger partial charge in [0, 0.05) is 37.4 Å². The number of benzene rings is 2. The van der Waals surface area contributed by atoms with Gasteiger partial charge in [-0.05, 0) is 48.9 Å². The van der Waals surface area contributed by atoms with Crippen LogP contribution >= 0.6 is 0 Å². The molecule has 2 amide bonds. The van der Waals surface area contributed by atoms with E-state index in [1.165, 1.54) is 16.4 Å². The highest BCUT2D eigenvalue weighted by Crippen LogP contribution is 2.24. The Balaban J connectivity index is 1.76. The lowest BCUT2D eigenvalue weighted by Gasteiger charge is -2.26. The predicted molar refractivity (Wildman–Crippen MR) is 128 cm³/mol. The number of nitrogens with two attached hydrogens (primary N) is 1. The number of ether oxygens (including phenoxy) is 2. The van der Waals surface area contributed by atoms with E-state index in [1.54, 1.807) is 49.3 Å². The molecule has 0 unspecified atom stereocenters. The van der Waals surface area contributed by atoms with Crippen LogP contribution in [0.1, 0.15) is 12.0 Å². The zero-order chi connectivity index (χ0) is 24.7. The monoisotopic (exact) mass is 490 g/mol. The van der Waals surface area contributed by atoms with Gasteiger partial charge in [0.25, 0.3) is 0 Å². The van der Waals surface area contributed by atoms with Crippen molar-refractivity contribution in [1.82, 2.24) is 4.31 Å². The Bertz CT molecular complexity index is 1110. The van der Waals surface area contributed by atoms with Crippen molar-refractivity contribution in [2.75, 3.05) is 56.7 Å². The summed E-state index contributed by atoms with van der Waals surface area (Å²) in [6.07, 6.45) is 0.0750. The number of primary amides is 1. The Morgan fingerprint density at radius 2 is 1.82 bits per heavy atom. The first-order valence-electron chi connectivity index (χ1n) is 10.9. The second-order valence-electron chi connectivity index (χ2n) is 7.88. The number of carbonyl (C=O) groups excluding carboxylic acids is 2. The number of anilines is 2. The molecular weight excluding hydrogens is 460 g/mol. The first-order chi connectivity index (χ1) is 16.2. The number of hydrogen-bond donors (Lipinski definition) is 2. The summed E-state index contributed by atoms with van der Waals surface area (Å²) in [5.74, 6) is -0.169. The zero-order valence-corrected chi connectivity index (χ0v) is 20.1. The number of rotatable bonds is 10. The minimum absolute atomic E-state index is 0.0561. The van der Waals surface area contributed by atoms with Crippen molar-refractivity contribution in [3.05, 3.63) is 48.0 Å². The molecule has 1 saturated heterocycles. The molecule has 0 aliphatic carbocycles. The summed E-state index contributed by atoms with van der Waals surface area (Å²) in [7, 11) is -2.14. The highest BCUT2D eigenvalue weighted by atomic mass is 32.2. The Morgan fingerprint density at radius 1 is 1.15 bits per heavy atom. The molecule has 0 aromatic heterocycles. The van der Waals surface area contributed by atoms with E-state index in [2.05, 4.69) is 5.32 Å². The number of hydrogen-bond acceptors (Lipinski definition) is 7. The molecule has 34 heavy (non-hydrogen) atoms. The third kappa shape index (κ3) is 6.46. The van der Waals surface area contributed by atoms with Crippen LogP contribution in [0.3, 0.4) is 0 Å². The molecule has 0 atom stereocenters. The molecular formula is C23H30N4O6S. The largest absolute Gasteiger partial charge is 0.497 e. The van der Waals surface area contributed by atoms with Crippen LogP contribution in [0, 0.1) is 6.92 Å². The van der Waals surface area contributed by atoms with Gasteiger partial charge >= 0.3 is 0 Å². The molecule has 0 spiro atoms. The maximum atomic E-state index is 13.0. The first kappa shape index (κ1) is 25.5. The van der Waals surface area contributed by atoms with Crippen molar-refractivity contribution >= 4 is 33.2 Å². The van der Waals surface area contributed by atoms with Crippen molar-refractivity contribution in [2.45, 2.75) is 18.2 Å². The highest BCUT2D eigenvalue weighted by molar-refractivity contribution is 7.89. The minimum Gasteiger partial charge on any atom is -0.497 e. The SMILES string of the molecule is COc1ccc(N(CCC(N)=O)CC(=O)Nc2cc(S(=O)(=O)N3CCOCC3)ccc2C)cc1. The molecule has 0 bridgehead atoms. The fourth-order valence-corrected chi connectivity index (χ4v) is 4.97. The van der Waals surface area contributed by atoms with Crippen LogP contribution in [0.15, 0.2) is 47.4 Å². The number of aryl methyl sites for hydroxylation is 1. The Labute approximate surface area is 199 Å². The quantitative estimate of drug-likeness (QED) is 0.514. The van der Waals surface area contributed by atoms with E-state index >= 15 is 0 Å². The summed E-state index contributed by atoms with van der Waals surface area (Å²) in [5, 5.41) is 2.81. The molecule has 3 N–H and O–H groups in total. The molecule has 1 fully saturated rings. The molecule has 2 aromatic carbocycles. The van der Waals surface area contributed by atoms with Gasteiger partial charge in [-0.3, -0.25) is 9.59 Å². The predicted octanol–water partition coefficient (Wildman–Crippen LogP) is 1.35. The van der Waals surface area contributed by atoms with Crippen LogP contribution in [0.2, 0.25) is 0 Å². The second kappa shape index (κ2) is 11.3. The number of nitrogens with zero attached hydrogens (tertiary/aromatic N) is 2. The molecule has 184 valence electrons. The van der Waals surface area contributed by atoms with Crippen molar-refractivity contribution in [1.29, 1.82) is 0 Å². The molecule has 1 aliphatic heterocycles. The summed E-state index contributed by atoms with van der Waals surface area (Å²) in [6, 6.07) is 11.8. The van der Waals surface area contributed by atoms with Gasteiger partial charge in [-0.1, -0.05) is 6.07 Å². The van der Waals surface area contributed by atoms with Gasteiger partial charge in [0.1, 0.15) is 5.75 Å². The van der Waals surface area contributed by atoms with Gasteiger partial charge < -0.3 is 25.4 Å². The summed E-state index contributed by atoms with van der Waals surface area (Å²) >= 11 is 0. The van der Waals surface area contributed by atoms with Gasteiger partial charge in [-0.25, -0.2) is 8.42 Å². The molecule has 0 saturated carbocycles. The van der Waals surface area contributed by atoms with Crippen molar-refractivity contribution in [3.63, 3.8) is 0 Å². The lowest BCUT2D eigenvalue weighted by molar-refractivity contribution is -0.118. The zero-order valence-electron chi connectivity index (χ0n) is 19.3. The van der Waals surface area contributed by atoms with Crippen LogP contribution in [0.25, 0.3) is 0 Å². The van der Waals surface area contributed by atoms with Crippen LogP contribution in [0.5, 0.6) is 5.75 Å². The van der Waals surface area contributed by atoms with E-state index in [1.807, 2.05) is 0 Å². The van der Waals surface area contributed by atoms with E-state index < -0.39 is 15.9 Å². The van der Waals surface area contributed by atoms with Gasteiger partial charge in [0.15, 0.2) is 0 Å². The van der Waals surface area contributed by atoms with E-state index in [9.17, 15) is 18.0 Å². The number of sulfonamides is 1. The van der Waals surface area contributed by atoms with Crippen molar-refractivity contribution in [2.24, 2.45) is 5.73 Å². The summed E-state index contributed by atoms with van der Waals surface area (Å²) in [5.41, 5.74) is 7.15. The Morgan fingerprint density at radius 3 is 2.44 bits per heavy atom. The maximum absolute atomic E-state index is 13.0. The molecule has 1 heterocycles. The number of carbonyl (C=O) groups is 2. The average Bonchev–Trinajstić information content (AvgIpc) is 2.83. The van der Waals surface area contributed by atoms with Gasteiger partial charge in [0.05, 0.1) is 31.8 Å². The van der Waals surface area contributed by atoms with E-state index in [4.69, 9.17) is 15.2 Å². The molecule has 10 nitrogen and oxygen atoms in total. The summed E-state index contributed by atoms with van der Waals surface area (Å²) in [4.78, 5) is 26.1. The summed E-state index contributed by atoms with van der Waals surface area (Å²) in [6.45, 7) is 3.25. The third-order valence-electron chi connectivity index (χ3n) is 5.49. The number of morpholine rings is 1. The van der Waals surface area contributed by atoms with Crippen molar-refractivity contribution < 1.29 is 27.5 Å². The fraction of sp³-hybridized carbons (Fsp3) is 0.391. The van der Waals surface area contributed by atoms with E-state index in [0.29, 0.717) is 24.7 Å². The molecule has 11 heteroatoms. The smallest absolute Gasteiger partial charge is 0.243 e. The highest BCUT2D eigenvalue weighted by Gasteiger charge is 2.27. The summed E-state index contributed by atoms with van der Waals surface area (Å²) < 4.78 is 37.8. The lowest BCUT2D eigenvalue weighted by Crippen LogP contribution is -2.40. The van der Waals surface area contributed by atoms with Crippen LogP contribution in [-0.4, -0.2) is 71.0 Å². The molecule has 2 aromatic rings. The Kier molecular flexibility index (Phi) is 8.48. The number of methoxy groups -OCH3 is 1. The fourth-order valence-electron chi connectivity index (χ4n) is 3.53. The molecule has 1 aliphatic rings. The van der Waals surface area contributed by atoms with Crippen LogP contribution in [0.4, 0.5) is 11.4 Å². The number of nitrogens with one attached hydrogen (secondary N) is 1. The third-order valence-corrected chi connectivity index (χ3v) is 7.39. The van der Waals surface area contributed by atoms with Gasteiger partial charge in [-0.15, -0.1) is 0 Å². The molecule has 3 rings (SSSR count). The van der Waals surface area contributed by atoms with Gasteiger partial charge in [0.2, 0.25) is 21.8 Å². The topological polar surface area (TPSA) is 131 Å². The van der Waals surface area contributed by atoms with Crippen LogP contribution in [-0.2, 0) is 24.3 Å². The van der Waals surface area contributed by atoms with Crippen molar-refractivity contribution in [3.8, 4) is 5.75 Å². The van der Waals surface area contributed by atoms with E-state index in [0.717, 1.165) is 11.3 Å². The molecule has 0 radical (unpaired) electrons. The minimum atomic E-state index is -3.70. The van der Waals surface area contributed by atoms with Gasteiger partial charge in [-0.2, -0.15) is 4.31 Å². The van der Waals surface area contributed by atoms with Crippen LogP contribution < -0.4 is 20.7 Å². The second-order valence-corrected chi connectivity index (χ2v) is 9.82. The normalized spacial score (nSPS) is 14.4. The standard InChI is InChI=1S/C23H30N4O6S/c1-17-3-8-20(34(30,31)27-11-13-33-14-12-27)15-21(17)25-23(29)16-26(10-9-22(24)28)18-4-6-19(32-2)7-5-18/h3-8,15H,9-14,16H2,1-2H3,(H2,24,28)(H,25,29).